The summed E-state index contributed by atoms with van der Waals surface area (Å²) in [6.45, 7) is 0. The fraction of sp³-hybridized carbons (Fsp3) is 0. The molecule has 4 heteroatoms. The first-order valence-electron chi connectivity index (χ1n) is 16.8. The Bertz CT molecular complexity index is 2500. The highest BCUT2D eigenvalue weighted by atomic mass is 15.1. The lowest BCUT2D eigenvalue weighted by molar-refractivity contribution is 1.18. The molecule has 4 nitrogen and oxygen atoms in total. The fourth-order valence-corrected chi connectivity index (χ4v) is 6.92. The van der Waals surface area contributed by atoms with Crippen molar-refractivity contribution in [1.82, 2.24) is 14.5 Å². The minimum atomic E-state index is 0.874. The van der Waals surface area contributed by atoms with Crippen molar-refractivity contribution in [2.24, 2.45) is 0 Å². The normalized spacial score (nSPS) is 11.2. The summed E-state index contributed by atoms with van der Waals surface area (Å²) in [5.74, 6) is 0. The molecule has 0 fully saturated rings. The average molecular weight is 641 g/mol. The molecule has 0 radical (unpaired) electrons. The van der Waals surface area contributed by atoms with E-state index in [0.29, 0.717) is 0 Å². The predicted molar refractivity (Wildman–Crippen MR) is 207 cm³/mol. The summed E-state index contributed by atoms with van der Waals surface area (Å²) in [6, 6.07) is 62.8. The van der Waals surface area contributed by atoms with Gasteiger partial charge in [0.2, 0.25) is 0 Å². The topological polar surface area (TPSA) is 34.0 Å². The van der Waals surface area contributed by atoms with E-state index < -0.39 is 0 Å². The average Bonchev–Trinajstić information content (AvgIpc) is 3.53. The lowest BCUT2D eigenvalue weighted by atomic mass is 10.0. The first kappa shape index (κ1) is 29.4. The Balaban J connectivity index is 1.05. The molecule has 0 amide bonds. The summed E-state index contributed by atoms with van der Waals surface area (Å²) in [6.07, 6.45) is 5.21. The number of fused-ring (bicyclic) bond motifs is 3. The second-order valence-corrected chi connectivity index (χ2v) is 12.4. The van der Waals surface area contributed by atoms with Crippen LogP contribution in [0, 0.1) is 0 Å². The maximum absolute atomic E-state index is 4.43. The molecule has 9 rings (SSSR count). The second-order valence-electron chi connectivity index (χ2n) is 12.4. The molecule has 0 bridgehead atoms. The van der Waals surface area contributed by atoms with Gasteiger partial charge in [-0.05, 0) is 89.0 Å². The number of nitrogens with zero attached hydrogens (tertiary/aromatic N) is 4. The van der Waals surface area contributed by atoms with Crippen molar-refractivity contribution in [3.05, 3.63) is 195 Å². The predicted octanol–water partition coefficient (Wildman–Crippen LogP) is 12.0. The second kappa shape index (κ2) is 12.7. The van der Waals surface area contributed by atoms with Crippen LogP contribution in [0.5, 0.6) is 0 Å². The van der Waals surface area contributed by atoms with Crippen LogP contribution in [0.2, 0.25) is 0 Å². The summed E-state index contributed by atoms with van der Waals surface area (Å²) < 4.78 is 2.37. The molecule has 0 aliphatic heterocycles. The Labute approximate surface area is 291 Å². The van der Waals surface area contributed by atoms with Gasteiger partial charge in [0, 0.05) is 51.5 Å². The molecular weight excluding hydrogens is 609 g/mol. The summed E-state index contributed by atoms with van der Waals surface area (Å²) >= 11 is 0. The molecule has 0 saturated carbocycles. The third-order valence-corrected chi connectivity index (χ3v) is 9.36. The van der Waals surface area contributed by atoms with Crippen LogP contribution in [0.15, 0.2) is 195 Å². The lowest BCUT2D eigenvalue weighted by Gasteiger charge is -2.25. The minimum Gasteiger partial charge on any atom is -0.311 e. The SMILES string of the molecule is c1ccc(N(c2ccccc2)c2ccc(-c3ccc4c(c3)c3ccccc3n4-c3ccc(-c4ccc(-c5cnccn5)cc4)cc3)cc2)cc1. The quantitative estimate of drug-likeness (QED) is 0.174. The van der Waals surface area contributed by atoms with E-state index in [-0.39, 0.29) is 0 Å². The van der Waals surface area contributed by atoms with Gasteiger partial charge < -0.3 is 9.47 Å². The van der Waals surface area contributed by atoms with Gasteiger partial charge in [0.05, 0.1) is 22.9 Å². The van der Waals surface area contributed by atoms with E-state index >= 15 is 0 Å². The van der Waals surface area contributed by atoms with Gasteiger partial charge in [-0.15, -0.1) is 0 Å². The first-order chi connectivity index (χ1) is 24.8. The highest BCUT2D eigenvalue weighted by Gasteiger charge is 2.15. The molecule has 9 aromatic rings. The molecule has 50 heavy (non-hydrogen) atoms. The summed E-state index contributed by atoms with van der Waals surface area (Å²) in [5.41, 5.74) is 13.5. The van der Waals surface area contributed by atoms with Crippen molar-refractivity contribution in [3.8, 4) is 39.2 Å². The van der Waals surface area contributed by atoms with E-state index in [4.69, 9.17) is 0 Å². The van der Waals surface area contributed by atoms with E-state index in [9.17, 15) is 0 Å². The van der Waals surface area contributed by atoms with Gasteiger partial charge in [-0.3, -0.25) is 9.97 Å². The zero-order valence-corrected chi connectivity index (χ0v) is 27.3. The molecule has 0 aliphatic rings. The van der Waals surface area contributed by atoms with E-state index in [2.05, 4.69) is 195 Å². The third kappa shape index (κ3) is 5.39. The number of benzene rings is 7. The van der Waals surface area contributed by atoms with Gasteiger partial charge in [0.15, 0.2) is 0 Å². The first-order valence-corrected chi connectivity index (χ1v) is 16.8. The van der Waals surface area contributed by atoms with Crippen LogP contribution in [0.25, 0.3) is 61.0 Å². The smallest absolute Gasteiger partial charge is 0.0885 e. The minimum absolute atomic E-state index is 0.874. The van der Waals surface area contributed by atoms with Crippen LogP contribution in [0.3, 0.4) is 0 Å². The summed E-state index contributed by atoms with van der Waals surface area (Å²) in [4.78, 5) is 10.9. The highest BCUT2D eigenvalue weighted by Crippen LogP contribution is 2.38. The number of para-hydroxylation sites is 3. The number of aromatic nitrogens is 3. The number of rotatable bonds is 7. The standard InChI is InChI=1S/C46H32N4/c1-3-9-38(10-4-1)49(39-11-5-2-6-12-39)40-24-21-35(22-25-40)37-23-28-46-43(31-37)42-13-7-8-14-45(42)50(46)41-26-19-34(20-27-41)33-15-17-36(18-16-33)44-32-47-29-30-48-44/h1-32H. The van der Waals surface area contributed by atoms with Crippen molar-refractivity contribution in [2.45, 2.75) is 0 Å². The van der Waals surface area contributed by atoms with Crippen LogP contribution in [-0.2, 0) is 0 Å². The van der Waals surface area contributed by atoms with E-state index in [0.717, 1.165) is 39.6 Å². The van der Waals surface area contributed by atoms with E-state index in [1.165, 1.54) is 38.5 Å². The molecule has 236 valence electrons. The van der Waals surface area contributed by atoms with Gasteiger partial charge in [-0.25, -0.2) is 0 Å². The summed E-state index contributed by atoms with van der Waals surface area (Å²) in [5, 5.41) is 2.48. The van der Waals surface area contributed by atoms with Crippen LogP contribution in [0.4, 0.5) is 17.1 Å². The Morgan fingerprint density at radius 2 is 0.920 bits per heavy atom. The van der Waals surface area contributed by atoms with Crippen LogP contribution >= 0.6 is 0 Å². The highest BCUT2D eigenvalue weighted by molar-refractivity contribution is 6.10. The van der Waals surface area contributed by atoms with Crippen molar-refractivity contribution in [1.29, 1.82) is 0 Å². The lowest BCUT2D eigenvalue weighted by Crippen LogP contribution is -2.09. The third-order valence-electron chi connectivity index (χ3n) is 9.36. The van der Waals surface area contributed by atoms with Crippen LogP contribution < -0.4 is 4.90 Å². The molecule has 0 aliphatic carbocycles. The number of hydrogen-bond donors (Lipinski definition) is 0. The molecule has 2 heterocycles. The largest absolute Gasteiger partial charge is 0.311 e. The van der Waals surface area contributed by atoms with E-state index in [1.54, 1.807) is 18.6 Å². The van der Waals surface area contributed by atoms with Crippen molar-refractivity contribution >= 4 is 38.9 Å². The zero-order chi connectivity index (χ0) is 33.3. The number of hydrogen-bond acceptors (Lipinski definition) is 3. The van der Waals surface area contributed by atoms with Gasteiger partial charge in [0.1, 0.15) is 0 Å². The van der Waals surface area contributed by atoms with Gasteiger partial charge in [-0.1, -0.05) is 109 Å². The molecule has 0 unspecified atom stereocenters. The molecule has 0 atom stereocenters. The Morgan fingerprint density at radius 1 is 0.400 bits per heavy atom. The van der Waals surface area contributed by atoms with Crippen LogP contribution in [0.1, 0.15) is 0 Å². The number of anilines is 3. The van der Waals surface area contributed by atoms with E-state index in [1.807, 2.05) is 0 Å². The van der Waals surface area contributed by atoms with Gasteiger partial charge >= 0.3 is 0 Å². The van der Waals surface area contributed by atoms with Gasteiger partial charge in [0.25, 0.3) is 0 Å². The Kier molecular flexibility index (Phi) is 7.45. The molecule has 0 N–H and O–H groups in total. The Morgan fingerprint density at radius 3 is 1.58 bits per heavy atom. The summed E-state index contributed by atoms with van der Waals surface area (Å²) in [7, 11) is 0. The molecule has 0 spiro atoms. The van der Waals surface area contributed by atoms with Gasteiger partial charge in [-0.2, -0.15) is 0 Å². The molecule has 0 saturated heterocycles. The van der Waals surface area contributed by atoms with Crippen molar-refractivity contribution in [3.63, 3.8) is 0 Å². The molecular formula is C46H32N4. The maximum atomic E-state index is 4.43. The van der Waals surface area contributed by atoms with Crippen molar-refractivity contribution < 1.29 is 0 Å². The fourth-order valence-electron chi connectivity index (χ4n) is 6.92. The monoisotopic (exact) mass is 640 g/mol. The maximum Gasteiger partial charge on any atom is 0.0885 e. The van der Waals surface area contributed by atoms with Crippen LogP contribution in [-0.4, -0.2) is 14.5 Å². The molecule has 2 aromatic heterocycles. The Hall–Kier alpha value is -6.78. The zero-order valence-electron chi connectivity index (χ0n) is 27.3. The molecule has 7 aromatic carbocycles. The van der Waals surface area contributed by atoms with Crippen molar-refractivity contribution in [2.75, 3.05) is 4.90 Å².